The maximum Gasteiger partial charge on any atom is 0.219 e. The predicted octanol–water partition coefficient (Wildman–Crippen LogP) is 5.56. The number of rotatable bonds is 6. The van der Waals surface area contributed by atoms with Crippen molar-refractivity contribution < 1.29 is 4.74 Å². The van der Waals surface area contributed by atoms with Crippen LogP contribution in [0.25, 0.3) is 11.0 Å². The van der Waals surface area contributed by atoms with Crippen molar-refractivity contribution in [2.24, 2.45) is 7.05 Å². The van der Waals surface area contributed by atoms with Crippen LogP contribution in [0.2, 0.25) is 5.02 Å². The molecule has 0 fully saturated rings. The first-order valence-corrected chi connectivity index (χ1v) is 9.79. The lowest BCUT2D eigenvalue weighted by Gasteiger charge is -2.18. The summed E-state index contributed by atoms with van der Waals surface area (Å²) in [6, 6.07) is 17.3. The number of hydrogen-bond donors (Lipinski definition) is 2. The molecule has 6 nitrogen and oxygen atoms in total. The van der Waals surface area contributed by atoms with Crippen LogP contribution >= 0.6 is 11.6 Å². The van der Waals surface area contributed by atoms with E-state index in [2.05, 4.69) is 17.2 Å². The van der Waals surface area contributed by atoms with Crippen LogP contribution in [-0.2, 0) is 7.05 Å². The molecule has 0 spiro atoms. The van der Waals surface area contributed by atoms with Crippen molar-refractivity contribution >= 4 is 34.3 Å². The van der Waals surface area contributed by atoms with E-state index in [4.69, 9.17) is 27.1 Å². The minimum Gasteiger partial charge on any atom is -0.439 e. The number of hydrogen-bond acceptors (Lipinski definition) is 5. The zero-order valence-electron chi connectivity index (χ0n) is 16.3. The van der Waals surface area contributed by atoms with Gasteiger partial charge in [-0.05, 0) is 48.4 Å². The third-order valence-electron chi connectivity index (χ3n) is 4.82. The summed E-state index contributed by atoms with van der Waals surface area (Å²) < 4.78 is 7.80. The highest BCUT2D eigenvalue weighted by Gasteiger charge is 2.14. The molecule has 0 saturated carbocycles. The number of nitrogens with zero attached hydrogens (tertiary/aromatic N) is 3. The molecule has 0 amide bonds. The Labute approximate surface area is 174 Å². The van der Waals surface area contributed by atoms with E-state index in [9.17, 15) is 0 Å². The van der Waals surface area contributed by atoms with E-state index in [0.717, 1.165) is 40.4 Å². The molecule has 0 saturated heterocycles. The maximum absolute atomic E-state index is 5.91. The second-order valence-electron chi connectivity index (χ2n) is 6.83. The number of ether oxygens (including phenoxy) is 1. The average Bonchev–Trinajstić information content (AvgIpc) is 3.03. The predicted molar refractivity (Wildman–Crippen MR) is 118 cm³/mol. The molecule has 2 aromatic carbocycles. The Morgan fingerprint density at radius 3 is 2.62 bits per heavy atom. The van der Waals surface area contributed by atoms with Crippen molar-refractivity contribution in [3.8, 4) is 11.6 Å². The highest BCUT2D eigenvalue weighted by molar-refractivity contribution is 6.30. The normalized spacial score (nSPS) is 12.1. The molecule has 148 valence electrons. The molecule has 0 aliphatic heterocycles. The standard InChI is InChI=1S/C22H22ClN5O/c1-3-18(26-22-27-19-10-7-16(24)12-20(19)28(22)2)14-4-8-17(9-5-14)29-21-11-6-15(23)13-25-21/h4-13,18H,3,24H2,1-2H3,(H,26,27). The fourth-order valence-corrected chi connectivity index (χ4v) is 3.34. The summed E-state index contributed by atoms with van der Waals surface area (Å²) >= 11 is 5.86. The fourth-order valence-electron chi connectivity index (χ4n) is 3.22. The molecule has 0 radical (unpaired) electrons. The molecule has 3 N–H and O–H groups in total. The van der Waals surface area contributed by atoms with Crippen LogP contribution in [0.5, 0.6) is 11.6 Å². The van der Waals surface area contributed by atoms with Gasteiger partial charge in [-0.1, -0.05) is 30.7 Å². The average molecular weight is 408 g/mol. The van der Waals surface area contributed by atoms with Gasteiger partial charge in [-0.25, -0.2) is 9.97 Å². The third-order valence-corrected chi connectivity index (χ3v) is 5.05. The fraction of sp³-hybridized carbons (Fsp3) is 0.182. The van der Waals surface area contributed by atoms with Crippen molar-refractivity contribution in [2.75, 3.05) is 11.1 Å². The van der Waals surface area contributed by atoms with Crippen LogP contribution in [0.3, 0.4) is 0 Å². The molecule has 0 aliphatic carbocycles. The molecule has 0 aliphatic rings. The molecular weight excluding hydrogens is 386 g/mol. The van der Waals surface area contributed by atoms with Gasteiger partial charge in [0.25, 0.3) is 0 Å². The zero-order chi connectivity index (χ0) is 20.4. The SMILES string of the molecule is CCC(Nc1nc2ccc(N)cc2n1C)c1ccc(Oc2ccc(Cl)cn2)cc1. The van der Waals surface area contributed by atoms with Crippen LogP contribution in [0.15, 0.2) is 60.8 Å². The number of imidazole rings is 1. The van der Waals surface area contributed by atoms with Crippen LogP contribution in [0, 0.1) is 0 Å². The molecule has 2 heterocycles. The van der Waals surface area contributed by atoms with Gasteiger partial charge in [-0.15, -0.1) is 0 Å². The monoisotopic (exact) mass is 407 g/mol. The van der Waals surface area contributed by atoms with E-state index in [0.29, 0.717) is 10.9 Å². The highest BCUT2D eigenvalue weighted by Crippen LogP contribution is 2.28. The first-order chi connectivity index (χ1) is 14.0. The first kappa shape index (κ1) is 19.1. The van der Waals surface area contributed by atoms with E-state index in [1.165, 1.54) is 0 Å². The minimum absolute atomic E-state index is 0.116. The van der Waals surface area contributed by atoms with Gasteiger partial charge in [0, 0.05) is 25.0 Å². The molecule has 1 atom stereocenters. The molecular formula is C22H22ClN5O. The van der Waals surface area contributed by atoms with Gasteiger partial charge in [-0.2, -0.15) is 0 Å². The molecule has 1 unspecified atom stereocenters. The van der Waals surface area contributed by atoms with Crippen LogP contribution in [-0.4, -0.2) is 14.5 Å². The molecule has 0 bridgehead atoms. The molecule has 4 aromatic rings. The zero-order valence-corrected chi connectivity index (χ0v) is 17.0. The van der Waals surface area contributed by atoms with Gasteiger partial charge in [0.05, 0.1) is 22.1 Å². The quantitative estimate of drug-likeness (QED) is 0.409. The topological polar surface area (TPSA) is 78.0 Å². The second kappa shape index (κ2) is 8.01. The molecule has 2 aromatic heterocycles. The number of pyridine rings is 1. The summed E-state index contributed by atoms with van der Waals surface area (Å²) in [6.45, 7) is 2.14. The number of anilines is 2. The van der Waals surface area contributed by atoms with Crippen molar-refractivity contribution in [3.63, 3.8) is 0 Å². The van der Waals surface area contributed by atoms with Crippen molar-refractivity contribution in [1.82, 2.24) is 14.5 Å². The smallest absolute Gasteiger partial charge is 0.219 e. The van der Waals surface area contributed by atoms with Crippen LogP contribution < -0.4 is 15.8 Å². The Bertz CT molecular complexity index is 1120. The number of benzene rings is 2. The Hall–Kier alpha value is -3.25. The second-order valence-corrected chi connectivity index (χ2v) is 7.27. The molecule has 4 rings (SSSR count). The van der Waals surface area contributed by atoms with Gasteiger partial charge in [0.15, 0.2) is 0 Å². The minimum atomic E-state index is 0.116. The first-order valence-electron chi connectivity index (χ1n) is 9.41. The summed E-state index contributed by atoms with van der Waals surface area (Å²) in [5, 5.41) is 4.12. The third kappa shape index (κ3) is 4.12. The summed E-state index contributed by atoms with van der Waals surface area (Å²) in [6.07, 6.45) is 2.47. The lowest BCUT2D eigenvalue weighted by molar-refractivity contribution is 0.462. The summed E-state index contributed by atoms with van der Waals surface area (Å²) in [5.41, 5.74) is 9.70. The van der Waals surface area contributed by atoms with Crippen molar-refractivity contribution in [1.29, 1.82) is 0 Å². The maximum atomic E-state index is 5.91. The Kier molecular flexibility index (Phi) is 5.27. The van der Waals surface area contributed by atoms with Gasteiger partial charge in [-0.3, -0.25) is 0 Å². The Morgan fingerprint density at radius 1 is 1.14 bits per heavy atom. The number of aryl methyl sites for hydroxylation is 1. The Morgan fingerprint density at radius 2 is 1.93 bits per heavy atom. The van der Waals surface area contributed by atoms with Gasteiger partial charge in [0.1, 0.15) is 5.75 Å². The largest absolute Gasteiger partial charge is 0.439 e. The number of aromatic nitrogens is 3. The van der Waals surface area contributed by atoms with Crippen LogP contribution in [0.4, 0.5) is 11.6 Å². The number of nitrogens with two attached hydrogens (primary N) is 1. The van der Waals surface area contributed by atoms with E-state index in [1.807, 2.05) is 54.1 Å². The Balaban J connectivity index is 1.52. The number of fused-ring (bicyclic) bond motifs is 1. The summed E-state index contributed by atoms with van der Waals surface area (Å²) in [5.74, 6) is 2.03. The van der Waals surface area contributed by atoms with Crippen molar-refractivity contribution in [3.05, 3.63) is 71.4 Å². The lowest BCUT2D eigenvalue weighted by Crippen LogP contribution is -2.12. The number of halogens is 1. The van der Waals surface area contributed by atoms with Crippen LogP contribution in [0.1, 0.15) is 24.9 Å². The van der Waals surface area contributed by atoms with Crippen molar-refractivity contribution in [2.45, 2.75) is 19.4 Å². The summed E-state index contributed by atoms with van der Waals surface area (Å²) in [7, 11) is 1.99. The van der Waals surface area contributed by atoms with E-state index < -0.39 is 0 Å². The van der Waals surface area contributed by atoms with E-state index >= 15 is 0 Å². The van der Waals surface area contributed by atoms with Gasteiger partial charge >= 0.3 is 0 Å². The lowest BCUT2D eigenvalue weighted by atomic mass is 10.0. The van der Waals surface area contributed by atoms with E-state index in [1.54, 1.807) is 18.3 Å². The number of nitrogens with one attached hydrogen (secondary N) is 1. The number of nitrogen functional groups attached to an aromatic ring is 1. The molecule has 29 heavy (non-hydrogen) atoms. The summed E-state index contributed by atoms with van der Waals surface area (Å²) in [4.78, 5) is 8.85. The molecule has 7 heteroatoms. The van der Waals surface area contributed by atoms with Gasteiger partial charge < -0.3 is 20.4 Å². The van der Waals surface area contributed by atoms with E-state index in [-0.39, 0.29) is 6.04 Å². The van der Waals surface area contributed by atoms with Gasteiger partial charge in [0.2, 0.25) is 11.8 Å². The highest BCUT2D eigenvalue weighted by atomic mass is 35.5.